The summed E-state index contributed by atoms with van der Waals surface area (Å²) in [4.78, 5) is 4.09. The normalized spacial score (nSPS) is 11.9. The van der Waals surface area contributed by atoms with Crippen molar-refractivity contribution in [2.45, 2.75) is 32.7 Å². The van der Waals surface area contributed by atoms with E-state index in [1.807, 2.05) is 20.8 Å². The van der Waals surface area contributed by atoms with E-state index < -0.39 is 11.6 Å². The lowest BCUT2D eigenvalue weighted by Crippen LogP contribution is -2.45. The first-order valence-electron chi connectivity index (χ1n) is 5.80. The monoisotopic (exact) mass is 383 g/mol. The largest absolute Gasteiger partial charge is 0.370 e. The molecule has 0 amide bonds. The van der Waals surface area contributed by atoms with E-state index in [0.717, 1.165) is 6.07 Å². The molecule has 3 nitrogen and oxygen atoms in total. The molecule has 0 saturated carbocycles. The van der Waals surface area contributed by atoms with Crippen LogP contribution in [0.25, 0.3) is 0 Å². The first-order chi connectivity index (χ1) is 8.28. The van der Waals surface area contributed by atoms with Gasteiger partial charge in [0, 0.05) is 18.2 Å². The highest BCUT2D eigenvalue weighted by Gasteiger charge is 2.09. The molecule has 0 bridgehead atoms. The van der Waals surface area contributed by atoms with E-state index in [0.29, 0.717) is 24.5 Å². The lowest BCUT2D eigenvalue weighted by Gasteiger charge is -2.20. The van der Waals surface area contributed by atoms with Gasteiger partial charge in [0.15, 0.2) is 5.96 Å². The van der Waals surface area contributed by atoms with Crippen LogP contribution in [-0.2, 0) is 6.42 Å². The average Bonchev–Trinajstić information content (AvgIpc) is 2.18. The molecule has 0 radical (unpaired) electrons. The molecule has 3 N–H and O–H groups in total. The summed E-state index contributed by atoms with van der Waals surface area (Å²) in [5, 5.41) is 3.00. The van der Waals surface area contributed by atoms with Crippen molar-refractivity contribution in [2.24, 2.45) is 10.7 Å². The van der Waals surface area contributed by atoms with Crippen molar-refractivity contribution in [3.05, 3.63) is 35.4 Å². The van der Waals surface area contributed by atoms with Crippen LogP contribution < -0.4 is 11.1 Å². The lowest BCUT2D eigenvalue weighted by molar-refractivity contribution is 0.508. The van der Waals surface area contributed by atoms with E-state index in [1.54, 1.807) is 0 Å². The Bertz CT molecular complexity index is 442. The summed E-state index contributed by atoms with van der Waals surface area (Å²) >= 11 is 0. The van der Waals surface area contributed by atoms with Crippen molar-refractivity contribution in [1.82, 2.24) is 5.32 Å². The summed E-state index contributed by atoms with van der Waals surface area (Å²) < 4.78 is 26.0. The molecule has 1 aromatic carbocycles. The standard InChI is InChI=1S/C13H19F2N3.HI/c1-13(2,3)18-12(16)17-7-6-9-4-5-10(14)8-11(9)15;/h4-5,8H,6-7H2,1-3H3,(H3,16,17,18);1H. The zero-order valence-electron chi connectivity index (χ0n) is 11.3. The van der Waals surface area contributed by atoms with Crippen molar-refractivity contribution in [3.63, 3.8) is 0 Å². The van der Waals surface area contributed by atoms with Gasteiger partial charge in [-0.15, -0.1) is 24.0 Å². The van der Waals surface area contributed by atoms with E-state index >= 15 is 0 Å². The average molecular weight is 383 g/mol. The molecule has 0 unspecified atom stereocenters. The number of nitrogens with two attached hydrogens (primary N) is 1. The Kier molecular flexibility index (Phi) is 7.25. The summed E-state index contributed by atoms with van der Waals surface area (Å²) in [5.74, 6) is -0.800. The van der Waals surface area contributed by atoms with Gasteiger partial charge in [-0.05, 0) is 38.8 Å². The van der Waals surface area contributed by atoms with Gasteiger partial charge in [0.1, 0.15) is 11.6 Å². The Morgan fingerprint density at radius 1 is 1.32 bits per heavy atom. The topological polar surface area (TPSA) is 50.4 Å². The maximum atomic E-state index is 13.3. The lowest BCUT2D eigenvalue weighted by atomic mass is 10.1. The van der Waals surface area contributed by atoms with Gasteiger partial charge in [0.05, 0.1) is 0 Å². The summed E-state index contributed by atoms with van der Waals surface area (Å²) in [6.45, 7) is 6.26. The number of benzene rings is 1. The molecule has 108 valence electrons. The second kappa shape index (κ2) is 7.62. The molecule has 0 aromatic heterocycles. The van der Waals surface area contributed by atoms with Crippen molar-refractivity contribution >= 4 is 29.9 Å². The molecule has 19 heavy (non-hydrogen) atoms. The molecule has 0 spiro atoms. The minimum atomic E-state index is -0.575. The van der Waals surface area contributed by atoms with Crippen LogP contribution >= 0.6 is 24.0 Å². The molecule has 0 fully saturated rings. The molecule has 0 atom stereocenters. The second-order valence-electron chi connectivity index (χ2n) is 5.13. The Hall–Kier alpha value is -0.920. The van der Waals surface area contributed by atoms with Crippen molar-refractivity contribution < 1.29 is 8.78 Å². The van der Waals surface area contributed by atoms with Gasteiger partial charge in [0.25, 0.3) is 0 Å². The molecule has 1 rings (SSSR count). The van der Waals surface area contributed by atoms with Gasteiger partial charge in [-0.1, -0.05) is 6.07 Å². The first-order valence-corrected chi connectivity index (χ1v) is 5.80. The Morgan fingerprint density at radius 2 is 1.95 bits per heavy atom. The number of halogens is 3. The molecule has 0 aliphatic rings. The van der Waals surface area contributed by atoms with Crippen LogP contribution in [0, 0.1) is 11.6 Å². The molecule has 0 aliphatic heterocycles. The fourth-order valence-electron chi connectivity index (χ4n) is 1.44. The summed E-state index contributed by atoms with van der Waals surface area (Å²) in [5.41, 5.74) is 5.95. The minimum Gasteiger partial charge on any atom is -0.370 e. The Balaban J connectivity index is 0.00000324. The Labute approximate surface area is 129 Å². The number of rotatable bonds is 3. The summed E-state index contributed by atoms with van der Waals surface area (Å²) in [7, 11) is 0. The van der Waals surface area contributed by atoms with Crippen LogP contribution in [0.1, 0.15) is 26.3 Å². The number of guanidine groups is 1. The van der Waals surface area contributed by atoms with E-state index in [9.17, 15) is 8.78 Å². The van der Waals surface area contributed by atoms with Gasteiger partial charge >= 0.3 is 0 Å². The molecular formula is C13H20F2IN3. The highest BCUT2D eigenvalue weighted by Crippen LogP contribution is 2.10. The van der Waals surface area contributed by atoms with Gasteiger partial charge in [-0.3, -0.25) is 4.99 Å². The van der Waals surface area contributed by atoms with Gasteiger partial charge < -0.3 is 11.1 Å². The van der Waals surface area contributed by atoms with Crippen molar-refractivity contribution in [3.8, 4) is 0 Å². The van der Waals surface area contributed by atoms with Crippen LogP contribution in [0.5, 0.6) is 0 Å². The number of aliphatic imine (C=N–C) groups is 1. The predicted octanol–water partition coefficient (Wildman–Crippen LogP) is 2.83. The molecule has 1 aromatic rings. The van der Waals surface area contributed by atoms with E-state index in [-0.39, 0.29) is 29.5 Å². The van der Waals surface area contributed by atoms with Gasteiger partial charge in [-0.25, -0.2) is 8.78 Å². The second-order valence-corrected chi connectivity index (χ2v) is 5.13. The minimum absolute atomic E-state index is 0. The van der Waals surface area contributed by atoms with Crippen LogP contribution in [0.15, 0.2) is 23.2 Å². The number of hydrogen-bond donors (Lipinski definition) is 2. The summed E-state index contributed by atoms with van der Waals surface area (Å²) in [6.07, 6.45) is 0.388. The van der Waals surface area contributed by atoms with Crippen molar-refractivity contribution in [1.29, 1.82) is 0 Å². The Morgan fingerprint density at radius 3 is 2.47 bits per heavy atom. The maximum Gasteiger partial charge on any atom is 0.188 e. The molecule has 6 heteroatoms. The van der Waals surface area contributed by atoms with Crippen LogP contribution in [-0.4, -0.2) is 18.0 Å². The van der Waals surface area contributed by atoms with E-state index in [1.165, 1.54) is 12.1 Å². The highest BCUT2D eigenvalue weighted by molar-refractivity contribution is 14.0. The van der Waals surface area contributed by atoms with Crippen LogP contribution in [0.4, 0.5) is 8.78 Å². The quantitative estimate of drug-likeness (QED) is 0.479. The predicted molar refractivity (Wildman–Crippen MR) is 84.9 cm³/mol. The molecular weight excluding hydrogens is 363 g/mol. The number of nitrogens with zero attached hydrogens (tertiary/aromatic N) is 1. The van der Waals surface area contributed by atoms with Gasteiger partial charge in [0.2, 0.25) is 0 Å². The molecule has 0 aliphatic carbocycles. The molecule has 0 saturated heterocycles. The number of hydrogen-bond acceptors (Lipinski definition) is 1. The van der Waals surface area contributed by atoms with Crippen LogP contribution in [0.3, 0.4) is 0 Å². The first kappa shape index (κ1) is 18.1. The SMILES string of the molecule is CC(C)(C)NC(N)=NCCc1ccc(F)cc1F.I. The number of nitrogens with one attached hydrogen (secondary N) is 1. The zero-order chi connectivity index (χ0) is 13.8. The fourth-order valence-corrected chi connectivity index (χ4v) is 1.44. The van der Waals surface area contributed by atoms with Crippen LogP contribution in [0.2, 0.25) is 0 Å². The smallest absolute Gasteiger partial charge is 0.188 e. The van der Waals surface area contributed by atoms with Gasteiger partial charge in [-0.2, -0.15) is 0 Å². The highest BCUT2D eigenvalue weighted by atomic mass is 127. The zero-order valence-corrected chi connectivity index (χ0v) is 13.7. The van der Waals surface area contributed by atoms with E-state index in [4.69, 9.17) is 5.73 Å². The summed E-state index contributed by atoms with van der Waals surface area (Å²) in [6, 6.07) is 3.53. The fraction of sp³-hybridized carbons (Fsp3) is 0.462. The third-order valence-corrected chi connectivity index (χ3v) is 2.18. The maximum absolute atomic E-state index is 13.3. The third kappa shape index (κ3) is 7.29. The molecule has 0 heterocycles. The van der Waals surface area contributed by atoms with E-state index in [2.05, 4.69) is 10.3 Å². The van der Waals surface area contributed by atoms with Crippen molar-refractivity contribution in [2.75, 3.05) is 6.54 Å². The third-order valence-electron chi connectivity index (χ3n) is 2.18.